The van der Waals surface area contributed by atoms with Crippen LogP contribution in [0.3, 0.4) is 0 Å². The van der Waals surface area contributed by atoms with Crippen LogP contribution in [0.1, 0.15) is 247 Å². The van der Waals surface area contributed by atoms with Crippen LogP contribution in [-0.2, 0) is 44.9 Å². The van der Waals surface area contributed by atoms with E-state index in [9.17, 15) is 0 Å². The van der Waals surface area contributed by atoms with E-state index in [0.717, 1.165) is 38.5 Å². The molecule has 0 aliphatic heterocycles. The first-order valence-electron chi connectivity index (χ1n) is 39.8. The van der Waals surface area contributed by atoms with E-state index in [1.165, 1.54) is 292 Å². The van der Waals surface area contributed by atoms with Crippen molar-refractivity contribution in [2.24, 2.45) is 0 Å². The van der Waals surface area contributed by atoms with Crippen molar-refractivity contribution in [1.29, 1.82) is 0 Å². The summed E-state index contributed by atoms with van der Waals surface area (Å²) in [6.07, 6.45) is 50.3. The maximum atomic E-state index is 2.62. The fraction of sp³-hybridized carbons (Fsp3) is 0.424. The van der Waals surface area contributed by atoms with E-state index < -0.39 is 0 Å². The monoisotopic (exact) mass is 1600 g/mol. The van der Waals surface area contributed by atoms with Gasteiger partial charge in [-0.15, -0.1) is 136 Å². The lowest BCUT2D eigenvalue weighted by Gasteiger charge is -2.05. The van der Waals surface area contributed by atoms with Crippen molar-refractivity contribution >= 4 is 136 Å². The van der Waals surface area contributed by atoms with Crippen LogP contribution in [-0.4, -0.2) is 0 Å². The highest BCUT2D eigenvalue weighted by molar-refractivity contribution is 7.33. The van der Waals surface area contributed by atoms with E-state index >= 15 is 0 Å². The van der Waals surface area contributed by atoms with Crippen molar-refractivity contribution in [3.05, 3.63) is 184 Å². The number of hydrogen-bond donors (Lipinski definition) is 0. The molecule has 12 aromatic heterocycles. The first-order valence-corrected chi connectivity index (χ1v) is 49.7. The Hall–Kier alpha value is -3.60. The minimum absolute atomic E-state index is 1.14. The van der Waals surface area contributed by atoms with Gasteiger partial charge in [0, 0.05) is 112 Å². The zero-order chi connectivity index (χ0) is 71.4. The normalized spacial score (nSPS) is 12.8. The highest BCUT2D eigenvalue weighted by atomic mass is 32.1. The zero-order valence-corrected chi connectivity index (χ0v) is 72.3. The van der Waals surface area contributed by atoms with Crippen molar-refractivity contribution < 1.29 is 0 Å². The summed E-state index contributed by atoms with van der Waals surface area (Å²) in [5.41, 5.74) is 9.27. The maximum Gasteiger partial charge on any atom is 0.0481 e. The first-order chi connectivity index (χ1) is 51.3. The molecular weight excluding hydrogens is 1490 g/mol. The van der Waals surface area contributed by atoms with Gasteiger partial charge in [-0.05, 0) is 276 Å². The second-order valence-electron chi connectivity index (χ2n) is 28.7. The Bertz CT molecular complexity index is 4510. The molecule has 547 valence electrons. The molecule has 12 aromatic rings. The second kappa shape index (κ2) is 40.4. The molecule has 0 N–H and O–H groups in total. The number of hydrogen-bond acceptors (Lipinski definition) is 12. The van der Waals surface area contributed by atoms with Gasteiger partial charge in [0.05, 0.1) is 0 Å². The van der Waals surface area contributed by atoms with Crippen LogP contribution in [0.2, 0.25) is 0 Å². The molecule has 0 aromatic carbocycles. The maximum absolute atomic E-state index is 2.62. The standard InChI is InChI=1S/C92H107S12/c1-7-13-19-25-37-64-56-57-93-87(64)77-50-44-71(95-77)72-46-52-79(97-72)89-66(39-27-21-15-9-3)59-83(101-89)84-61-68(41-29-23-17-11-5)91(103-84)81-54-48-75(99-81)76-49-55-82(100-76)92-69(42-30-24-18-12-6)62-86(104-92)85-60-67(40-28-22-16-10-4)90(102-85)80-53-47-74(98-80)73-45-51-78(96-73)88-65(38-26-20-14-8-2)58-70(94-88)43-33-36-63-34-31-32-35-63/h31-32,34-35,44-62H,7-30,33,36-43H2,1-6H3. The molecule has 0 atom stereocenters. The molecule has 0 nitrogen and oxygen atoms in total. The van der Waals surface area contributed by atoms with Gasteiger partial charge in [0.25, 0.3) is 0 Å². The lowest BCUT2D eigenvalue weighted by molar-refractivity contribution is 0.667. The molecule has 13 rings (SSSR count). The molecule has 1 aliphatic carbocycles. The topological polar surface area (TPSA) is 0 Å². The molecule has 12 heterocycles. The number of aryl methyl sites for hydroxylation is 7. The second-order valence-corrected chi connectivity index (χ2v) is 41.5. The van der Waals surface area contributed by atoms with Gasteiger partial charge in [-0.2, -0.15) is 0 Å². The number of rotatable bonds is 45. The zero-order valence-electron chi connectivity index (χ0n) is 62.5. The fourth-order valence-corrected chi connectivity index (χ4v) is 29.0. The molecule has 1 saturated carbocycles. The van der Waals surface area contributed by atoms with E-state index in [4.69, 9.17) is 0 Å². The summed E-state index contributed by atoms with van der Waals surface area (Å²) in [5, 5.41) is 2.31. The number of unbranched alkanes of at least 4 members (excludes halogenated alkanes) is 18. The predicted molar refractivity (Wildman–Crippen MR) is 481 cm³/mol. The molecule has 0 bridgehead atoms. The van der Waals surface area contributed by atoms with Crippen molar-refractivity contribution in [2.75, 3.05) is 0 Å². The van der Waals surface area contributed by atoms with Crippen molar-refractivity contribution in [2.45, 2.75) is 253 Å². The fourth-order valence-electron chi connectivity index (χ4n) is 14.6. The first kappa shape index (κ1) is 78.5. The Kier molecular flexibility index (Phi) is 30.5. The number of thiophene rings is 12. The third-order valence-electron chi connectivity index (χ3n) is 20.5. The van der Waals surface area contributed by atoms with Gasteiger partial charge in [0.15, 0.2) is 0 Å². The molecule has 1 aliphatic rings. The van der Waals surface area contributed by atoms with E-state index in [0.29, 0.717) is 0 Å². The van der Waals surface area contributed by atoms with E-state index in [1.807, 2.05) is 79.4 Å². The van der Waals surface area contributed by atoms with Crippen LogP contribution in [0.4, 0.5) is 0 Å². The molecule has 12 heteroatoms. The lowest BCUT2D eigenvalue weighted by Crippen LogP contribution is -1.92. The Morgan fingerprint density at radius 1 is 0.202 bits per heavy atom. The molecule has 5 radical (unpaired) electrons. The SMILES string of the molecule is CCCCCCc1ccsc1-c1ccc(-c2ccc(-c3sc(-c4cc(CCCCCC)c(-c5ccc(-c6ccc(-c7sc(-c8cc(CCCCCC)c(-c9ccc(-c%10ccc(-c%11sc(CCC[C]%12[CH][CH][CH][CH]%12)cc%11CCCCCC)s%10)s9)s8)cc7CCCCCC)s6)s5)s4)cc3CCCCCC)s2)s1. The molecule has 1 fully saturated rings. The summed E-state index contributed by atoms with van der Waals surface area (Å²) >= 11 is 24.3. The van der Waals surface area contributed by atoms with Gasteiger partial charge in [-0.3, -0.25) is 0 Å². The van der Waals surface area contributed by atoms with Gasteiger partial charge in [-0.1, -0.05) is 157 Å². The summed E-state index contributed by atoms with van der Waals surface area (Å²) in [7, 11) is 0. The van der Waals surface area contributed by atoms with Gasteiger partial charge in [0.2, 0.25) is 0 Å². The van der Waals surface area contributed by atoms with E-state index in [2.05, 4.69) is 238 Å². The predicted octanol–water partition coefficient (Wildman–Crippen LogP) is 35.2. The van der Waals surface area contributed by atoms with Crippen molar-refractivity contribution in [3.63, 3.8) is 0 Å². The largest absolute Gasteiger partial charge is 0.143 e. The summed E-state index contributed by atoms with van der Waals surface area (Å²) in [6, 6.07) is 44.6. The summed E-state index contributed by atoms with van der Waals surface area (Å²) in [4.78, 5) is 33.3. The van der Waals surface area contributed by atoms with Crippen LogP contribution >= 0.6 is 136 Å². The molecular formula is C92H107S12. The third kappa shape index (κ3) is 20.5. The smallest absolute Gasteiger partial charge is 0.0481 e. The van der Waals surface area contributed by atoms with Crippen molar-refractivity contribution in [3.8, 4) is 107 Å². The van der Waals surface area contributed by atoms with E-state index in [-0.39, 0.29) is 0 Å². The molecule has 0 saturated heterocycles. The minimum Gasteiger partial charge on any atom is -0.143 e. The highest BCUT2D eigenvalue weighted by Crippen LogP contribution is 2.54. The third-order valence-corrected chi connectivity index (χ3v) is 35.9. The molecule has 0 amide bonds. The highest BCUT2D eigenvalue weighted by Gasteiger charge is 2.25. The minimum atomic E-state index is 1.14. The molecule has 0 unspecified atom stereocenters. The lowest BCUT2D eigenvalue weighted by atomic mass is 10.00. The van der Waals surface area contributed by atoms with E-state index in [1.54, 1.807) is 32.7 Å². The summed E-state index contributed by atoms with van der Waals surface area (Å²) in [6.45, 7) is 14.0. The van der Waals surface area contributed by atoms with Gasteiger partial charge >= 0.3 is 0 Å². The summed E-state index contributed by atoms with van der Waals surface area (Å²) in [5.74, 6) is 1.47. The van der Waals surface area contributed by atoms with Crippen molar-refractivity contribution in [1.82, 2.24) is 0 Å². The Labute approximate surface area is 674 Å². The van der Waals surface area contributed by atoms with Crippen LogP contribution in [0.5, 0.6) is 0 Å². The Morgan fingerprint density at radius 2 is 0.471 bits per heavy atom. The van der Waals surface area contributed by atoms with Crippen LogP contribution in [0.25, 0.3) is 107 Å². The average molecular weight is 1600 g/mol. The Balaban J connectivity index is 0.755. The van der Waals surface area contributed by atoms with Gasteiger partial charge < -0.3 is 0 Å². The quantitative estimate of drug-likeness (QED) is 0.0334. The van der Waals surface area contributed by atoms with Gasteiger partial charge in [0.1, 0.15) is 0 Å². The van der Waals surface area contributed by atoms with Gasteiger partial charge in [-0.25, -0.2) is 0 Å². The molecule has 0 spiro atoms. The van der Waals surface area contributed by atoms with Crippen LogP contribution in [0, 0.1) is 31.6 Å². The van der Waals surface area contributed by atoms with Crippen LogP contribution in [0.15, 0.2) is 115 Å². The summed E-state index contributed by atoms with van der Waals surface area (Å²) < 4.78 is 0. The Morgan fingerprint density at radius 3 is 0.779 bits per heavy atom. The van der Waals surface area contributed by atoms with Crippen LogP contribution < -0.4 is 0 Å². The molecule has 104 heavy (non-hydrogen) atoms. The average Bonchev–Trinajstić information content (AvgIpc) is 1.63.